The summed E-state index contributed by atoms with van der Waals surface area (Å²) >= 11 is 0. The number of rotatable bonds is 59. The summed E-state index contributed by atoms with van der Waals surface area (Å²) in [5.74, 6) is -0.868. The Morgan fingerprint density at radius 3 is 0.694 bits per heavy atom. The highest BCUT2D eigenvalue weighted by Crippen LogP contribution is 2.17. The van der Waals surface area contributed by atoms with Gasteiger partial charge in [-0.2, -0.15) is 0 Å². The average molecular weight is 1010 g/mol. The molecular weight excluding hydrogens is 889 g/mol. The maximum atomic E-state index is 12.9. The van der Waals surface area contributed by atoms with E-state index in [1.165, 1.54) is 244 Å². The third-order valence-electron chi connectivity index (χ3n) is 14.3. The van der Waals surface area contributed by atoms with Crippen molar-refractivity contribution in [2.75, 3.05) is 13.2 Å². The van der Waals surface area contributed by atoms with Gasteiger partial charge in [0.15, 0.2) is 6.10 Å². The Bertz CT molecular complexity index is 1210. The zero-order valence-electron chi connectivity index (χ0n) is 48.5. The van der Waals surface area contributed by atoms with Crippen LogP contribution in [0.25, 0.3) is 0 Å². The fourth-order valence-electron chi connectivity index (χ4n) is 9.49. The van der Waals surface area contributed by atoms with E-state index in [4.69, 9.17) is 14.2 Å². The minimum atomic E-state index is -0.778. The molecule has 72 heavy (non-hydrogen) atoms. The van der Waals surface area contributed by atoms with E-state index in [2.05, 4.69) is 57.2 Å². The third kappa shape index (κ3) is 58.5. The van der Waals surface area contributed by atoms with Crippen LogP contribution in [0.4, 0.5) is 0 Å². The maximum absolute atomic E-state index is 12.9. The Hall–Kier alpha value is -2.37. The molecular formula is C66H122O6. The summed E-state index contributed by atoms with van der Waals surface area (Å²) in [6, 6.07) is 0. The smallest absolute Gasteiger partial charge is 0.306 e. The van der Waals surface area contributed by atoms with Crippen molar-refractivity contribution in [3.05, 3.63) is 36.5 Å². The van der Waals surface area contributed by atoms with Crippen molar-refractivity contribution in [1.82, 2.24) is 0 Å². The molecule has 422 valence electrons. The van der Waals surface area contributed by atoms with Gasteiger partial charge in [-0.3, -0.25) is 14.4 Å². The highest BCUT2D eigenvalue weighted by atomic mass is 16.6. The molecule has 0 aromatic heterocycles. The van der Waals surface area contributed by atoms with Gasteiger partial charge in [-0.15, -0.1) is 0 Å². The van der Waals surface area contributed by atoms with Crippen molar-refractivity contribution in [2.45, 2.75) is 354 Å². The lowest BCUT2D eigenvalue weighted by atomic mass is 10.1. The number of hydrogen-bond acceptors (Lipinski definition) is 6. The molecule has 0 N–H and O–H groups in total. The lowest BCUT2D eigenvalue weighted by Crippen LogP contribution is -2.30. The highest BCUT2D eigenvalue weighted by Gasteiger charge is 2.19. The minimum Gasteiger partial charge on any atom is -0.462 e. The van der Waals surface area contributed by atoms with Crippen LogP contribution in [0.1, 0.15) is 348 Å². The van der Waals surface area contributed by atoms with Crippen LogP contribution in [0, 0.1) is 0 Å². The van der Waals surface area contributed by atoms with E-state index in [9.17, 15) is 14.4 Å². The molecule has 0 aromatic carbocycles. The lowest BCUT2D eigenvalue weighted by Gasteiger charge is -2.18. The lowest BCUT2D eigenvalue weighted by molar-refractivity contribution is -0.167. The fourth-order valence-corrected chi connectivity index (χ4v) is 9.49. The van der Waals surface area contributed by atoms with Gasteiger partial charge < -0.3 is 14.2 Å². The standard InChI is InChI=1S/C66H122O6/c1-4-7-10-13-16-19-22-25-28-31-32-33-34-36-38-41-44-47-50-53-56-59-65(68)71-62-63(61-70-64(67)58-55-52-49-46-43-40-37-30-27-24-21-18-15-12-9-6-3)72-66(69)60-57-54-51-48-45-42-39-35-29-26-23-20-17-14-11-8-5-2/h26,29-32,37,63H,4-25,27-28,33-36,38-62H2,1-3H3/b29-26-,32-31-,37-30-. The first-order valence-electron chi connectivity index (χ1n) is 32.0. The third-order valence-corrected chi connectivity index (χ3v) is 14.3. The number of esters is 3. The summed E-state index contributed by atoms with van der Waals surface area (Å²) < 4.78 is 16.9. The summed E-state index contributed by atoms with van der Waals surface area (Å²) in [7, 11) is 0. The van der Waals surface area contributed by atoms with Gasteiger partial charge in [0.05, 0.1) is 0 Å². The van der Waals surface area contributed by atoms with Gasteiger partial charge >= 0.3 is 17.9 Å². The van der Waals surface area contributed by atoms with Crippen molar-refractivity contribution >= 4 is 17.9 Å². The van der Waals surface area contributed by atoms with Gasteiger partial charge in [0, 0.05) is 19.3 Å². The van der Waals surface area contributed by atoms with E-state index in [0.29, 0.717) is 19.3 Å². The van der Waals surface area contributed by atoms with Crippen molar-refractivity contribution in [1.29, 1.82) is 0 Å². The normalized spacial score (nSPS) is 12.2. The fraction of sp³-hybridized carbons (Fsp3) is 0.864. The van der Waals surface area contributed by atoms with Gasteiger partial charge in [0.2, 0.25) is 0 Å². The van der Waals surface area contributed by atoms with Crippen LogP contribution in [0.5, 0.6) is 0 Å². The molecule has 0 aliphatic carbocycles. The van der Waals surface area contributed by atoms with Gasteiger partial charge in [-0.25, -0.2) is 0 Å². The van der Waals surface area contributed by atoms with Crippen molar-refractivity contribution in [2.24, 2.45) is 0 Å². The molecule has 0 spiro atoms. The Balaban J connectivity index is 4.34. The molecule has 0 rings (SSSR count). The van der Waals surface area contributed by atoms with Crippen LogP contribution in [0.15, 0.2) is 36.5 Å². The maximum Gasteiger partial charge on any atom is 0.306 e. The zero-order chi connectivity index (χ0) is 52.2. The van der Waals surface area contributed by atoms with Crippen LogP contribution in [0.2, 0.25) is 0 Å². The molecule has 6 heteroatoms. The highest BCUT2D eigenvalue weighted by molar-refractivity contribution is 5.71. The van der Waals surface area contributed by atoms with Gasteiger partial charge in [-0.05, 0) is 96.3 Å². The molecule has 1 unspecified atom stereocenters. The van der Waals surface area contributed by atoms with Crippen molar-refractivity contribution < 1.29 is 28.6 Å². The predicted octanol–water partition coefficient (Wildman–Crippen LogP) is 21.6. The van der Waals surface area contributed by atoms with Gasteiger partial charge in [0.1, 0.15) is 13.2 Å². The first-order chi connectivity index (χ1) is 35.5. The largest absolute Gasteiger partial charge is 0.462 e. The van der Waals surface area contributed by atoms with E-state index in [-0.39, 0.29) is 31.1 Å². The van der Waals surface area contributed by atoms with E-state index in [0.717, 1.165) is 64.2 Å². The van der Waals surface area contributed by atoms with Crippen molar-refractivity contribution in [3.8, 4) is 0 Å². The van der Waals surface area contributed by atoms with Crippen molar-refractivity contribution in [3.63, 3.8) is 0 Å². The van der Waals surface area contributed by atoms with Gasteiger partial charge in [-0.1, -0.05) is 269 Å². The molecule has 0 saturated heterocycles. The van der Waals surface area contributed by atoms with E-state index in [1.807, 2.05) is 0 Å². The molecule has 6 nitrogen and oxygen atoms in total. The average Bonchev–Trinajstić information content (AvgIpc) is 3.38. The number of ether oxygens (including phenoxy) is 3. The van der Waals surface area contributed by atoms with E-state index in [1.54, 1.807) is 0 Å². The second kappa shape index (κ2) is 61.2. The Morgan fingerprint density at radius 1 is 0.264 bits per heavy atom. The van der Waals surface area contributed by atoms with Gasteiger partial charge in [0.25, 0.3) is 0 Å². The first-order valence-corrected chi connectivity index (χ1v) is 32.0. The predicted molar refractivity (Wildman–Crippen MR) is 312 cm³/mol. The Morgan fingerprint density at radius 2 is 0.458 bits per heavy atom. The molecule has 0 fully saturated rings. The number of carbonyl (C=O) groups is 3. The summed E-state index contributed by atoms with van der Waals surface area (Å²) in [5.41, 5.74) is 0. The summed E-state index contributed by atoms with van der Waals surface area (Å²) in [5, 5.41) is 0. The Kier molecular flexibility index (Phi) is 59.2. The summed E-state index contributed by atoms with van der Waals surface area (Å²) in [4.78, 5) is 38.3. The second-order valence-corrected chi connectivity index (χ2v) is 21.7. The first kappa shape index (κ1) is 69.6. The number of carbonyl (C=O) groups excluding carboxylic acids is 3. The molecule has 0 aliphatic heterocycles. The minimum absolute atomic E-state index is 0.0748. The topological polar surface area (TPSA) is 78.9 Å². The molecule has 0 bridgehead atoms. The quantitative estimate of drug-likeness (QED) is 0.0261. The van der Waals surface area contributed by atoms with Crippen LogP contribution < -0.4 is 0 Å². The number of hydrogen-bond donors (Lipinski definition) is 0. The molecule has 1 atom stereocenters. The van der Waals surface area contributed by atoms with E-state index >= 15 is 0 Å². The van der Waals surface area contributed by atoms with Crippen LogP contribution >= 0.6 is 0 Å². The molecule has 0 aliphatic rings. The molecule has 0 radical (unpaired) electrons. The number of unbranched alkanes of at least 4 members (excludes halogenated alkanes) is 42. The van der Waals surface area contributed by atoms with Crippen LogP contribution in [0.3, 0.4) is 0 Å². The van der Waals surface area contributed by atoms with Crippen LogP contribution in [-0.2, 0) is 28.6 Å². The SMILES string of the molecule is CCCCCCCC/C=C\CCCCCCCCCC(=O)OC(COC(=O)CCCCCCC/C=C\CCCCCCCCC)COC(=O)CCCCCCCCCCC/C=C\CCCCCCCCCC. The molecule has 0 heterocycles. The van der Waals surface area contributed by atoms with Crippen LogP contribution in [-0.4, -0.2) is 37.2 Å². The van der Waals surface area contributed by atoms with E-state index < -0.39 is 6.10 Å². The Labute approximate surface area is 448 Å². The monoisotopic (exact) mass is 1010 g/mol. The molecule has 0 saturated carbocycles. The summed E-state index contributed by atoms with van der Waals surface area (Å²) in [6.07, 6.45) is 74.3. The molecule has 0 aromatic rings. The molecule has 0 amide bonds. The summed E-state index contributed by atoms with van der Waals surface area (Å²) in [6.45, 7) is 6.67. The second-order valence-electron chi connectivity index (χ2n) is 21.7. The number of allylic oxidation sites excluding steroid dienone is 6. The zero-order valence-corrected chi connectivity index (χ0v) is 48.5.